The molecule has 0 spiro atoms. The standard InChI is InChI=1S/C9H12FN4O4P/c10-7-6(14-9-12-3-11-4-13-9)1-5(2-15)8(7)18-19(16)17/h3-8,15H,1-2H2,(H-,11,12,13,14,16,17)/p+1/t5-,6-,7+,8-/m1/s1. The highest BCUT2D eigenvalue weighted by molar-refractivity contribution is 7.32. The summed E-state index contributed by atoms with van der Waals surface area (Å²) in [7, 11) is -2.92. The Morgan fingerprint density at radius 2 is 2.21 bits per heavy atom. The van der Waals surface area contributed by atoms with Gasteiger partial charge in [0, 0.05) is 17.1 Å². The van der Waals surface area contributed by atoms with Crippen LogP contribution in [0, 0.1) is 5.92 Å². The normalized spacial score (nSPS) is 31.2. The molecule has 2 rings (SSSR count). The van der Waals surface area contributed by atoms with Crippen molar-refractivity contribution in [2.45, 2.75) is 24.7 Å². The fourth-order valence-electron chi connectivity index (χ4n) is 2.12. The highest BCUT2D eigenvalue weighted by Gasteiger charge is 2.49. The molecular weight excluding hydrogens is 278 g/mol. The number of anilines is 1. The van der Waals surface area contributed by atoms with Gasteiger partial charge in [-0.1, -0.05) is 0 Å². The van der Waals surface area contributed by atoms with E-state index in [9.17, 15) is 8.96 Å². The molecule has 19 heavy (non-hydrogen) atoms. The van der Waals surface area contributed by atoms with Gasteiger partial charge in [0.25, 0.3) is 0 Å². The third kappa shape index (κ3) is 3.38. The van der Waals surface area contributed by atoms with Gasteiger partial charge in [-0.25, -0.2) is 19.3 Å². The number of nitrogens with one attached hydrogen (secondary N) is 1. The van der Waals surface area contributed by atoms with Crippen LogP contribution in [0.4, 0.5) is 10.3 Å². The zero-order valence-electron chi connectivity index (χ0n) is 9.76. The highest BCUT2D eigenvalue weighted by atomic mass is 31.1. The van der Waals surface area contributed by atoms with E-state index < -0.39 is 32.5 Å². The average molecular weight is 291 g/mol. The Labute approximate surface area is 109 Å². The van der Waals surface area contributed by atoms with Gasteiger partial charge >= 0.3 is 8.25 Å². The maximum absolute atomic E-state index is 14.1. The minimum Gasteiger partial charge on any atom is -0.396 e. The van der Waals surface area contributed by atoms with E-state index in [0.717, 1.165) is 0 Å². The lowest BCUT2D eigenvalue weighted by Gasteiger charge is -2.15. The molecule has 5 atom stereocenters. The number of aromatic nitrogens is 3. The zero-order chi connectivity index (χ0) is 13.8. The first-order chi connectivity index (χ1) is 9.11. The Morgan fingerprint density at radius 3 is 2.79 bits per heavy atom. The molecule has 0 bridgehead atoms. The minimum atomic E-state index is -2.92. The number of hydrogen-bond acceptors (Lipinski definition) is 7. The Bertz CT molecular complexity index is 439. The van der Waals surface area contributed by atoms with Gasteiger partial charge in [0.1, 0.15) is 12.7 Å². The van der Waals surface area contributed by atoms with Crippen LogP contribution in [-0.2, 0) is 9.09 Å². The fourth-order valence-corrected chi connectivity index (χ4v) is 2.62. The van der Waals surface area contributed by atoms with Gasteiger partial charge in [0.2, 0.25) is 5.95 Å². The predicted molar refractivity (Wildman–Crippen MR) is 62.0 cm³/mol. The van der Waals surface area contributed by atoms with E-state index in [1.807, 2.05) is 0 Å². The molecule has 10 heteroatoms. The van der Waals surface area contributed by atoms with Crippen LogP contribution in [0.3, 0.4) is 0 Å². The summed E-state index contributed by atoms with van der Waals surface area (Å²) in [6, 6.07) is -0.695. The molecule has 104 valence electrons. The van der Waals surface area contributed by atoms with Gasteiger partial charge < -0.3 is 10.4 Å². The molecular formula is C9H13FN4O4P+. The van der Waals surface area contributed by atoms with E-state index in [-0.39, 0.29) is 19.0 Å². The molecule has 8 nitrogen and oxygen atoms in total. The maximum Gasteiger partial charge on any atom is 0.695 e. The second-order valence-electron chi connectivity index (χ2n) is 4.14. The van der Waals surface area contributed by atoms with Crippen LogP contribution in [-0.4, -0.2) is 49.9 Å². The van der Waals surface area contributed by atoms with Crippen LogP contribution in [0.25, 0.3) is 0 Å². The molecule has 3 N–H and O–H groups in total. The van der Waals surface area contributed by atoms with Gasteiger partial charge in [-0.2, -0.15) is 0 Å². The van der Waals surface area contributed by atoms with Crippen LogP contribution < -0.4 is 5.32 Å². The summed E-state index contributed by atoms with van der Waals surface area (Å²) in [6.07, 6.45) is 0.106. The molecule has 0 saturated heterocycles. The molecule has 1 unspecified atom stereocenters. The molecule has 1 aromatic rings. The lowest BCUT2D eigenvalue weighted by molar-refractivity contribution is 0.0611. The van der Waals surface area contributed by atoms with E-state index >= 15 is 0 Å². The monoisotopic (exact) mass is 291 g/mol. The van der Waals surface area contributed by atoms with Crippen LogP contribution in [0.5, 0.6) is 0 Å². The van der Waals surface area contributed by atoms with Gasteiger partial charge in [-0.05, 0) is 6.42 Å². The van der Waals surface area contributed by atoms with Crippen LogP contribution in [0.1, 0.15) is 6.42 Å². The minimum absolute atomic E-state index is 0.202. The van der Waals surface area contributed by atoms with Gasteiger partial charge in [0.15, 0.2) is 12.3 Å². The van der Waals surface area contributed by atoms with E-state index in [2.05, 4.69) is 24.8 Å². The third-order valence-corrected chi connectivity index (χ3v) is 3.40. The van der Waals surface area contributed by atoms with Crippen molar-refractivity contribution in [2.24, 2.45) is 5.92 Å². The first kappa shape index (κ1) is 14.1. The topological polar surface area (TPSA) is 117 Å². The second-order valence-corrected chi connectivity index (χ2v) is 4.83. The molecule has 0 aliphatic heterocycles. The van der Waals surface area contributed by atoms with Crippen molar-refractivity contribution in [1.82, 2.24) is 15.0 Å². The largest absolute Gasteiger partial charge is 0.695 e. The Balaban J connectivity index is 2.05. The lowest BCUT2D eigenvalue weighted by Crippen LogP contribution is -2.33. The van der Waals surface area contributed by atoms with Crippen molar-refractivity contribution >= 4 is 14.2 Å². The molecule has 0 radical (unpaired) electrons. The van der Waals surface area contributed by atoms with Gasteiger partial charge in [0.05, 0.1) is 6.04 Å². The molecule has 1 aromatic heterocycles. The number of halogens is 1. The highest BCUT2D eigenvalue weighted by Crippen LogP contribution is 2.37. The van der Waals surface area contributed by atoms with Gasteiger partial charge in [-0.3, -0.25) is 0 Å². The summed E-state index contributed by atoms with van der Waals surface area (Å²) in [5, 5.41) is 11.9. The number of rotatable bonds is 5. The van der Waals surface area contributed by atoms with Crippen molar-refractivity contribution in [2.75, 3.05) is 11.9 Å². The first-order valence-electron chi connectivity index (χ1n) is 5.58. The van der Waals surface area contributed by atoms with Crippen LogP contribution in [0.15, 0.2) is 12.7 Å². The first-order valence-corrected chi connectivity index (χ1v) is 6.71. The van der Waals surface area contributed by atoms with Crippen LogP contribution in [0.2, 0.25) is 0 Å². The summed E-state index contributed by atoms with van der Waals surface area (Å²) < 4.78 is 29.4. The Hall–Kier alpha value is -1.28. The summed E-state index contributed by atoms with van der Waals surface area (Å²) in [4.78, 5) is 19.9. The Kier molecular flexibility index (Phi) is 4.65. The SMILES string of the molecule is O=[P+](O)O[C@@H]1[C@@H](CO)C[C@@H](Nc2ncncn2)[C@@H]1F. The van der Waals surface area contributed by atoms with Crippen molar-refractivity contribution in [3.8, 4) is 0 Å². The molecule has 0 aromatic carbocycles. The van der Waals surface area contributed by atoms with Crippen molar-refractivity contribution < 1.29 is 23.5 Å². The smallest absolute Gasteiger partial charge is 0.396 e. The zero-order valence-corrected chi connectivity index (χ0v) is 10.7. The van der Waals surface area contributed by atoms with Gasteiger partial charge in [-0.15, -0.1) is 9.42 Å². The summed E-state index contributed by atoms with van der Waals surface area (Å²) in [5.41, 5.74) is 0. The lowest BCUT2D eigenvalue weighted by atomic mass is 10.1. The second kappa shape index (κ2) is 6.25. The predicted octanol–water partition coefficient (Wildman–Crippen LogP) is 0.0373. The van der Waals surface area contributed by atoms with Crippen molar-refractivity contribution in [1.29, 1.82) is 0 Å². The Morgan fingerprint density at radius 1 is 1.53 bits per heavy atom. The van der Waals surface area contributed by atoms with Crippen LogP contribution >= 0.6 is 8.25 Å². The number of aliphatic hydroxyl groups excluding tert-OH is 1. The maximum atomic E-state index is 14.1. The molecule has 1 saturated carbocycles. The molecule has 0 amide bonds. The number of aliphatic hydroxyl groups is 1. The summed E-state index contributed by atoms with van der Waals surface area (Å²) >= 11 is 0. The number of nitrogens with zero attached hydrogens (tertiary/aromatic N) is 3. The molecule has 1 heterocycles. The van der Waals surface area contributed by atoms with E-state index in [1.165, 1.54) is 12.7 Å². The quantitative estimate of drug-likeness (QED) is 0.651. The van der Waals surface area contributed by atoms with Crippen molar-refractivity contribution in [3.63, 3.8) is 0 Å². The molecule has 1 aliphatic rings. The van der Waals surface area contributed by atoms with E-state index in [0.29, 0.717) is 0 Å². The fraction of sp³-hybridized carbons (Fsp3) is 0.667. The average Bonchev–Trinajstić information content (AvgIpc) is 2.68. The number of alkyl halides is 1. The van der Waals surface area contributed by atoms with E-state index in [1.54, 1.807) is 0 Å². The summed E-state index contributed by atoms with van der Waals surface area (Å²) in [5.74, 6) is -0.353. The van der Waals surface area contributed by atoms with Crippen molar-refractivity contribution in [3.05, 3.63) is 12.7 Å². The summed E-state index contributed by atoms with van der Waals surface area (Å²) in [6.45, 7) is -0.330. The molecule has 1 fully saturated rings. The molecule has 1 aliphatic carbocycles. The van der Waals surface area contributed by atoms with E-state index in [4.69, 9.17) is 10.00 Å². The number of hydrogen-bond donors (Lipinski definition) is 3. The third-order valence-electron chi connectivity index (χ3n) is 2.97.